The minimum atomic E-state index is 0.0449. The van der Waals surface area contributed by atoms with Crippen molar-refractivity contribution in [2.24, 2.45) is 0 Å². The zero-order valence-electron chi connectivity index (χ0n) is 12.0. The Morgan fingerprint density at radius 1 is 1.50 bits per heavy atom. The molecule has 1 aromatic heterocycles. The molecule has 112 valence electrons. The van der Waals surface area contributed by atoms with Crippen LogP contribution in [0.2, 0.25) is 5.02 Å². The van der Waals surface area contributed by atoms with Crippen molar-refractivity contribution in [1.29, 1.82) is 0 Å². The summed E-state index contributed by atoms with van der Waals surface area (Å²) in [6.45, 7) is 3.79. The molecular formula is C15H23ClN2O2. The summed E-state index contributed by atoms with van der Waals surface area (Å²) >= 11 is 6.05. The average Bonchev–Trinajstić information content (AvgIpc) is 2.80. The van der Waals surface area contributed by atoms with Crippen LogP contribution in [0.5, 0.6) is 0 Å². The number of amides is 1. The molecule has 1 N–H and O–H groups in total. The molecule has 0 radical (unpaired) electrons. The molecule has 0 saturated carbocycles. The van der Waals surface area contributed by atoms with Crippen LogP contribution in [0.1, 0.15) is 49.5 Å². The molecule has 0 aromatic carbocycles. The summed E-state index contributed by atoms with van der Waals surface area (Å²) in [6, 6.07) is 1.91. The highest BCUT2D eigenvalue weighted by Crippen LogP contribution is 2.24. The highest BCUT2D eigenvalue weighted by Gasteiger charge is 2.28. The first-order valence-electron chi connectivity index (χ1n) is 7.45. The fourth-order valence-electron chi connectivity index (χ4n) is 2.94. The van der Waals surface area contributed by atoms with Crippen molar-refractivity contribution in [3.8, 4) is 0 Å². The van der Waals surface area contributed by atoms with Crippen LogP contribution in [-0.4, -0.2) is 39.7 Å². The number of halogens is 1. The largest absolute Gasteiger partial charge is 0.396 e. The third-order valence-electron chi connectivity index (χ3n) is 3.90. The van der Waals surface area contributed by atoms with Crippen molar-refractivity contribution in [2.45, 2.75) is 51.6 Å². The van der Waals surface area contributed by atoms with Crippen LogP contribution in [-0.2, 0) is 6.54 Å². The molecule has 1 unspecified atom stereocenters. The van der Waals surface area contributed by atoms with Gasteiger partial charge in [-0.15, -0.1) is 0 Å². The van der Waals surface area contributed by atoms with Gasteiger partial charge in [0.25, 0.3) is 5.91 Å². The van der Waals surface area contributed by atoms with Crippen LogP contribution in [0.25, 0.3) is 0 Å². The molecule has 20 heavy (non-hydrogen) atoms. The minimum absolute atomic E-state index is 0.0449. The molecule has 2 rings (SSSR count). The lowest BCUT2D eigenvalue weighted by Crippen LogP contribution is -2.44. The predicted molar refractivity (Wildman–Crippen MR) is 80.1 cm³/mol. The van der Waals surface area contributed by atoms with Gasteiger partial charge in [0.2, 0.25) is 0 Å². The number of aromatic nitrogens is 1. The molecule has 1 saturated heterocycles. The number of aryl methyl sites for hydroxylation is 1. The molecular weight excluding hydrogens is 276 g/mol. The number of piperidine rings is 1. The van der Waals surface area contributed by atoms with E-state index in [4.69, 9.17) is 16.7 Å². The lowest BCUT2D eigenvalue weighted by Gasteiger charge is -2.35. The van der Waals surface area contributed by atoms with Gasteiger partial charge in [0, 0.05) is 31.9 Å². The van der Waals surface area contributed by atoms with Gasteiger partial charge in [-0.05, 0) is 38.2 Å². The molecule has 1 aliphatic rings. The monoisotopic (exact) mass is 298 g/mol. The SMILES string of the molecule is CCCn1cc(Cl)cc1C(=O)N1CCCCC1CCO. The second kappa shape index (κ2) is 7.14. The van der Waals surface area contributed by atoms with Crippen LogP contribution < -0.4 is 0 Å². The summed E-state index contributed by atoms with van der Waals surface area (Å²) in [5.74, 6) is 0.0449. The number of nitrogens with zero attached hydrogens (tertiary/aromatic N) is 2. The molecule has 0 spiro atoms. The fourth-order valence-corrected chi connectivity index (χ4v) is 3.17. The van der Waals surface area contributed by atoms with Crippen LogP contribution in [0.15, 0.2) is 12.3 Å². The number of hydrogen-bond donors (Lipinski definition) is 1. The number of carbonyl (C=O) groups excluding carboxylic acids is 1. The molecule has 1 atom stereocenters. The maximum atomic E-state index is 12.8. The van der Waals surface area contributed by atoms with Gasteiger partial charge in [0.05, 0.1) is 5.02 Å². The second-order valence-corrected chi connectivity index (χ2v) is 5.83. The highest BCUT2D eigenvalue weighted by atomic mass is 35.5. The van der Waals surface area contributed by atoms with Gasteiger partial charge < -0.3 is 14.6 Å². The Hall–Kier alpha value is -1.00. The number of rotatable bonds is 5. The minimum Gasteiger partial charge on any atom is -0.396 e. The zero-order valence-corrected chi connectivity index (χ0v) is 12.8. The van der Waals surface area contributed by atoms with Gasteiger partial charge in [-0.25, -0.2) is 0 Å². The molecule has 1 amide bonds. The van der Waals surface area contributed by atoms with E-state index in [1.165, 1.54) is 0 Å². The Morgan fingerprint density at radius 3 is 3.00 bits per heavy atom. The maximum absolute atomic E-state index is 12.8. The van der Waals surface area contributed by atoms with E-state index in [1.54, 1.807) is 6.07 Å². The molecule has 5 heteroatoms. The van der Waals surface area contributed by atoms with Gasteiger partial charge in [-0.1, -0.05) is 18.5 Å². The highest BCUT2D eigenvalue weighted by molar-refractivity contribution is 6.31. The van der Waals surface area contributed by atoms with Gasteiger partial charge in [0.15, 0.2) is 0 Å². The number of carbonyl (C=O) groups is 1. The maximum Gasteiger partial charge on any atom is 0.270 e. The fraction of sp³-hybridized carbons (Fsp3) is 0.667. The molecule has 1 fully saturated rings. The third kappa shape index (κ3) is 3.36. The van der Waals surface area contributed by atoms with Gasteiger partial charge in [-0.3, -0.25) is 4.79 Å². The smallest absolute Gasteiger partial charge is 0.270 e. The first-order valence-corrected chi connectivity index (χ1v) is 7.82. The van der Waals surface area contributed by atoms with E-state index in [0.29, 0.717) is 17.1 Å². The normalized spacial score (nSPS) is 19.4. The van der Waals surface area contributed by atoms with Crippen LogP contribution in [0.3, 0.4) is 0 Å². The quantitative estimate of drug-likeness (QED) is 0.908. The van der Waals surface area contributed by atoms with Gasteiger partial charge >= 0.3 is 0 Å². The van der Waals surface area contributed by atoms with E-state index >= 15 is 0 Å². The Balaban J connectivity index is 2.20. The summed E-state index contributed by atoms with van der Waals surface area (Å²) in [4.78, 5) is 14.7. The Morgan fingerprint density at radius 2 is 2.30 bits per heavy atom. The number of hydrogen-bond acceptors (Lipinski definition) is 2. The molecule has 1 aliphatic heterocycles. The van der Waals surface area contributed by atoms with E-state index in [-0.39, 0.29) is 18.6 Å². The number of aliphatic hydroxyl groups is 1. The topological polar surface area (TPSA) is 45.5 Å². The van der Waals surface area contributed by atoms with Crippen molar-refractivity contribution >= 4 is 17.5 Å². The van der Waals surface area contributed by atoms with Crippen molar-refractivity contribution in [3.05, 3.63) is 23.0 Å². The first kappa shape index (κ1) is 15.4. The van der Waals surface area contributed by atoms with Crippen molar-refractivity contribution in [1.82, 2.24) is 9.47 Å². The van der Waals surface area contributed by atoms with Gasteiger partial charge in [-0.2, -0.15) is 0 Å². The van der Waals surface area contributed by atoms with Crippen molar-refractivity contribution in [2.75, 3.05) is 13.2 Å². The summed E-state index contributed by atoms with van der Waals surface area (Å²) in [7, 11) is 0. The summed E-state index contributed by atoms with van der Waals surface area (Å²) in [6.07, 6.45) is 6.60. The van der Waals surface area contributed by atoms with Crippen molar-refractivity contribution < 1.29 is 9.90 Å². The molecule has 0 aliphatic carbocycles. The van der Waals surface area contributed by atoms with Crippen LogP contribution in [0, 0.1) is 0 Å². The van der Waals surface area contributed by atoms with E-state index in [2.05, 4.69) is 6.92 Å². The van der Waals surface area contributed by atoms with Gasteiger partial charge in [0.1, 0.15) is 5.69 Å². The summed E-state index contributed by atoms with van der Waals surface area (Å²) in [5.41, 5.74) is 0.668. The van der Waals surface area contributed by atoms with E-state index in [0.717, 1.165) is 38.8 Å². The lowest BCUT2D eigenvalue weighted by molar-refractivity contribution is 0.0563. The second-order valence-electron chi connectivity index (χ2n) is 5.40. The Labute approximate surface area is 125 Å². The van der Waals surface area contributed by atoms with E-state index < -0.39 is 0 Å². The van der Waals surface area contributed by atoms with Crippen LogP contribution >= 0.6 is 11.6 Å². The number of likely N-dealkylation sites (tertiary alicyclic amines) is 1. The third-order valence-corrected chi connectivity index (χ3v) is 4.10. The Kier molecular flexibility index (Phi) is 5.49. The number of aliphatic hydroxyl groups excluding tert-OH is 1. The molecule has 0 bridgehead atoms. The zero-order chi connectivity index (χ0) is 14.5. The molecule has 1 aromatic rings. The van der Waals surface area contributed by atoms with Crippen LogP contribution in [0.4, 0.5) is 0 Å². The molecule has 2 heterocycles. The van der Waals surface area contributed by atoms with E-state index in [1.807, 2.05) is 15.7 Å². The van der Waals surface area contributed by atoms with Crippen molar-refractivity contribution in [3.63, 3.8) is 0 Å². The summed E-state index contributed by atoms with van der Waals surface area (Å²) in [5, 5.41) is 9.78. The Bertz CT molecular complexity index is 457. The first-order chi connectivity index (χ1) is 9.67. The molecule has 4 nitrogen and oxygen atoms in total. The standard InChI is InChI=1S/C15H23ClN2O2/c1-2-7-17-11-12(16)10-14(17)15(20)18-8-4-3-5-13(18)6-9-19/h10-11,13,19H,2-9H2,1H3. The average molecular weight is 299 g/mol. The predicted octanol–water partition coefficient (Wildman–Crippen LogP) is 2.93. The lowest BCUT2D eigenvalue weighted by atomic mass is 9.99. The summed E-state index contributed by atoms with van der Waals surface area (Å²) < 4.78 is 1.94. The van der Waals surface area contributed by atoms with E-state index in [9.17, 15) is 4.79 Å².